The first-order valence-corrected chi connectivity index (χ1v) is 23.4. The summed E-state index contributed by atoms with van der Waals surface area (Å²) in [6.07, 6.45) is 1.68. The fourth-order valence-electron chi connectivity index (χ4n) is 8.65. The van der Waals surface area contributed by atoms with Crippen LogP contribution in [0.1, 0.15) is 19.4 Å². The summed E-state index contributed by atoms with van der Waals surface area (Å²) in [7, 11) is -5.49. The largest absolute Gasteiger partial charge is 0.457 e. The Bertz CT molecular complexity index is 2840. The quantitative estimate of drug-likeness (QED) is 0.149. The summed E-state index contributed by atoms with van der Waals surface area (Å²) in [5, 5.41) is 4.58. The van der Waals surface area contributed by atoms with Gasteiger partial charge in [0, 0.05) is 5.19 Å². The van der Waals surface area contributed by atoms with Crippen LogP contribution < -0.4 is 30.9 Å². The van der Waals surface area contributed by atoms with Crippen LogP contribution in [-0.4, -0.2) is 45.1 Å². The number of aromatic nitrogens is 6. The number of benzene rings is 6. The van der Waals surface area contributed by atoms with E-state index in [1.807, 2.05) is 12.1 Å². The van der Waals surface area contributed by atoms with Gasteiger partial charge in [0.2, 0.25) is 19.8 Å². The summed E-state index contributed by atoms with van der Waals surface area (Å²) < 4.78 is 11.6. The lowest BCUT2D eigenvalue weighted by molar-refractivity contribution is 0.480. The molecule has 0 unspecified atom stereocenters. The van der Waals surface area contributed by atoms with E-state index < -0.39 is 16.1 Å². The third kappa shape index (κ3) is 4.45. The van der Waals surface area contributed by atoms with Crippen molar-refractivity contribution in [2.75, 3.05) is 0 Å². The van der Waals surface area contributed by atoms with Crippen LogP contribution in [0.25, 0.3) is 33.8 Å². The van der Waals surface area contributed by atoms with E-state index in [4.69, 9.17) is 24.7 Å². The standard InChI is InChI=1S/C45H38N6OSi2/c1-45(2)33-22-17-29-40(41(33)52-38-27-15-16-28-39(38)53(45,3)4)54(31-18-7-5-8-19-31,32-20-9-6-10-21-32)43-47-30-46-42(49-43)51-37-26-14-13-25-36(37)50-35-24-12-11-23-34(35)48-44(50)51/h5-30H,1-4H3. The molecule has 10 rings (SSSR count). The SMILES string of the molecule is CC1(C)c2cccc([Si](c3ccccc3)(c3ccccc3)c3ncnc(-n4c5ccccc5n5c6ccccc6nc45)n3)c2Oc2ccccc2[Si]1(C)C. The molecule has 0 N–H and O–H groups in total. The lowest BCUT2D eigenvalue weighted by atomic mass is 10.0. The lowest BCUT2D eigenvalue weighted by Crippen LogP contribution is -2.76. The molecule has 54 heavy (non-hydrogen) atoms. The molecule has 1 aliphatic heterocycles. The van der Waals surface area contributed by atoms with Crippen LogP contribution in [0, 0.1) is 0 Å². The number of para-hydroxylation sites is 6. The molecular formula is C45H38N6OSi2. The Labute approximate surface area is 315 Å². The first-order valence-electron chi connectivity index (χ1n) is 18.4. The Balaban J connectivity index is 1.32. The van der Waals surface area contributed by atoms with Crippen molar-refractivity contribution >= 4 is 70.2 Å². The van der Waals surface area contributed by atoms with E-state index in [9.17, 15) is 0 Å². The highest BCUT2D eigenvalue weighted by Gasteiger charge is 2.52. The number of nitrogens with zero attached hydrogens (tertiary/aromatic N) is 6. The molecule has 0 amide bonds. The number of hydrogen-bond donors (Lipinski definition) is 0. The summed E-state index contributed by atoms with van der Waals surface area (Å²) in [4.78, 5) is 20.8. The van der Waals surface area contributed by atoms with Gasteiger partial charge in [-0.3, -0.25) is 4.40 Å². The molecular weight excluding hydrogens is 697 g/mol. The molecule has 0 aliphatic carbocycles. The third-order valence-corrected chi connectivity index (χ3v) is 21.7. The van der Waals surface area contributed by atoms with Crippen molar-refractivity contribution in [2.24, 2.45) is 0 Å². The predicted octanol–water partition coefficient (Wildman–Crippen LogP) is 6.53. The van der Waals surface area contributed by atoms with Crippen LogP contribution in [0.3, 0.4) is 0 Å². The first-order chi connectivity index (χ1) is 26.3. The maximum Gasteiger partial charge on any atom is 0.239 e. The number of rotatable bonds is 5. The van der Waals surface area contributed by atoms with E-state index in [2.05, 4.69) is 175 Å². The summed E-state index contributed by atoms with van der Waals surface area (Å²) in [5.41, 5.74) is 5.89. The van der Waals surface area contributed by atoms with Crippen molar-refractivity contribution in [2.45, 2.75) is 32.0 Å². The van der Waals surface area contributed by atoms with Crippen LogP contribution in [0.4, 0.5) is 0 Å². The van der Waals surface area contributed by atoms with Gasteiger partial charge in [0.1, 0.15) is 23.3 Å². The molecule has 0 spiro atoms. The smallest absolute Gasteiger partial charge is 0.239 e. The van der Waals surface area contributed by atoms with Gasteiger partial charge in [0.25, 0.3) is 0 Å². The lowest BCUT2D eigenvalue weighted by Gasteiger charge is -2.40. The summed E-state index contributed by atoms with van der Waals surface area (Å²) >= 11 is 0. The van der Waals surface area contributed by atoms with Crippen LogP contribution in [-0.2, 0) is 5.04 Å². The Kier molecular flexibility index (Phi) is 7.17. The second kappa shape index (κ2) is 11.9. The van der Waals surface area contributed by atoms with Gasteiger partial charge in [-0.05, 0) is 56.5 Å². The van der Waals surface area contributed by atoms with Crippen molar-refractivity contribution in [1.82, 2.24) is 28.9 Å². The molecule has 0 fully saturated rings. The number of fused-ring (bicyclic) bond motifs is 7. The Morgan fingerprint density at radius 1 is 0.611 bits per heavy atom. The molecule has 262 valence electrons. The van der Waals surface area contributed by atoms with Gasteiger partial charge < -0.3 is 4.74 Å². The van der Waals surface area contributed by atoms with Gasteiger partial charge in [0.15, 0.2) is 0 Å². The van der Waals surface area contributed by atoms with Crippen molar-refractivity contribution in [3.8, 4) is 17.4 Å². The monoisotopic (exact) mass is 734 g/mol. The Hall–Kier alpha value is -6.17. The topological polar surface area (TPSA) is 70.1 Å². The molecule has 0 atom stereocenters. The zero-order chi connectivity index (χ0) is 36.7. The van der Waals surface area contributed by atoms with E-state index >= 15 is 0 Å². The van der Waals surface area contributed by atoms with Crippen LogP contribution in [0.15, 0.2) is 158 Å². The predicted molar refractivity (Wildman–Crippen MR) is 223 cm³/mol. The molecule has 4 heterocycles. The zero-order valence-corrected chi connectivity index (χ0v) is 32.6. The van der Waals surface area contributed by atoms with Crippen LogP contribution in [0.5, 0.6) is 11.5 Å². The van der Waals surface area contributed by atoms with Gasteiger partial charge >= 0.3 is 0 Å². The van der Waals surface area contributed by atoms with Crippen molar-refractivity contribution in [3.05, 3.63) is 164 Å². The van der Waals surface area contributed by atoms with Gasteiger partial charge in [0.05, 0.1) is 30.1 Å². The highest BCUT2D eigenvalue weighted by molar-refractivity contribution is 7.19. The molecule has 0 saturated carbocycles. The highest BCUT2D eigenvalue weighted by atomic mass is 28.3. The van der Waals surface area contributed by atoms with Gasteiger partial charge in [-0.1, -0.05) is 148 Å². The third-order valence-electron chi connectivity index (χ3n) is 12.0. The average Bonchev–Trinajstić information content (AvgIpc) is 3.72. The normalized spacial score (nSPS) is 14.7. The molecule has 3 aromatic heterocycles. The fraction of sp³-hybridized carbons (Fsp3) is 0.111. The zero-order valence-electron chi connectivity index (χ0n) is 30.6. The Morgan fingerprint density at radius 2 is 1.24 bits per heavy atom. The van der Waals surface area contributed by atoms with E-state index in [1.165, 1.54) is 10.8 Å². The summed E-state index contributed by atoms with van der Waals surface area (Å²) in [6, 6.07) is 53.6. The van der Waals surface area contributed by atoms with E-state index in [0.29, 0.717) is 5.95 Å². The number of imidazole rings is 2. The minimum Gasteiger partial charge on any atom is -0.457 e. The molecule has 0 saturated heterocycles. The maximum atomic E-state index is 7.31. The molecule has 1 aliphatic rings. The van der Waals surface area contributed by atoms with Gasteiger partial charge in [-0.2, -0.15) is 0 Å². The van der Waals surface area contributed by atoms with Gasteiger partial charge in [-0.15, -0.1) is 0 Å². The highest BCUT2D eigenvalue weighted by Crippen LogP contribution is 2.44. The molecule has 7 nitrogen and oxygen atoms in total. The van der Waals surface area contributed by atoms with Crippen molar-refractivity contribution in [1.29, 1.82) is 0 Å². The number of hydrogen-bond acceptors (Lipinski definition) is 5. The molecule has 9 aromatic rings. The fourth-order valence-corrected chi connectivity index (χ4v) is 15.9. The van der Waals surface area contributed by atoms with Crippen LogP contribution >= 0.6 is 0 Å². The van der Waals surface area contributed by atoms with Gasteiger partial charge in [-0.25, -0.2) is 24.5 Å². The minimum absolute atomic E-state index is 0.166. The molecule has 0 radical (unpaired) electrons. The summed E-state index contributed by atoms with van der Waals surface area (Å²) in [5.74, 6) is 3.11. The molecule has 0 bridgehead atoms. The minimum atomic E-state index is -3.35. The van der Waals surface area contributed by atoms with Crippen molar-refractivity contribution in [3.63, 3.8) is 0 Å². The van der Waals surface area contributed by atoms with Crippen molar-refractivity contribution < 1.29 is 4.74 Å². The Morgan fingerprint density at radius 3 is 1.98 bits per heavy atom. The maximum absolute atomic E-state index is 7.31. The molecule has 6 aromatic carbocycles. The van der Waals surface area contributed by atoms with E-state index in [1.54, 1.807) is 6.33 Å². The van der Waals surface area contributed by atoms with Crippen LogP contribution in [0.2, 0.25) is 13.1 Å². The number of ether oxygens (including phenoxy) is 1. The first kappa shape index (κ1) is 32.5. The van der Waals surface area contributed by atoms with E-state index in [-0.39, 0.29) is 5.04 Å². The van der Waals surface area contributed by atoms with E-state index in [0.717, 1.165) is 60.4 Å². The average molecular weight is 735 g/mol. The second-order valence-corrected chi connectivity index (χ2v) is 23.9. The molecule has 9 heteroatoms. The summed E-state index contributed by atoms with van der Waals surface area (Å²) in [6.45, 7) is 9.74. The second-order valence-electron chi connectivity index (χ2n) is 15.2.